The molecule has 26 heavy (non-hydrogen) atoms. The van der Waals surface area contributed by atoms with Gasteiger partial charge in [-0.15, -0.1) is 0 Å². The molecule has 0 heterocycles. The Bertz CT molecular complexity index is 387. The van der Waals surface area contributed by atoms with Crippen LogP contribution in [-0.4, -0.2) is 29.4 Å². The topological polar surface area (TPSA) is 77.4 Å². The van der Waals surface area contributed by atoms with Crippen molar-refractivity contribution in [3.8, 4) is 0 Å². The first-order valence-electron chi connectivity index (χ1n) is 10.5. The molecule has 2 atom stereocenters. The zero-order valence-electron chi connectivity index (χ0n) is 17.5. The molecule has 0 aliphatic rings. The van der Waals surface area contributed by atoms with Crippen molar-refractivity contribution in [2.45, 2.75) is 128 Å². The molecular formula is C20H41NaO4S. The van der Waals surface area contributed by atoms with E-state index < -0.39 is 15.4 Å². The second-order valence-electron chi connectivity index (χ2n) is 7.43. The van der Waals surface area contributed by atoms with Crippen LogP contribution in [0.15, 0.2) is 0 Å². The minimum Gasteiger partial charge on any atom is -0.748 e. The summed E-state index contributed by atoms with van der Waals surface area (Å²) in [6.07, 6.45) is 16.5. The third kappa shape index (κ3) is 18.2. The van der Waals surface area contributed by atoms with Crippen molar-refractivity contribution < 1.29 is 47.6 Å². The number of hydrogen-bond donors (Lipinski definition) is 1. The molecule has 2 unspecified atom stereocenters. The van der Waals surface area contributed by atoms with Gasteiger partial charge in [0.05, 0.1) is 16.2 Å². The standard InChI is InChI=1S/C20H42O4S.Na/c1-3-5-6-7-10-13-16-19(21)17-14-11-8-9-12-15-18-20(4-2)25(22,23)24;/h19-21H,3-18H2,1-2H3,(H,22,23,24);/q;+1/p-1. The fourth-order valence-electron chi connectivity index (χ4n) is 3.32. The van der Waals surface area contributed by atoms with Crippen LogP contribution >= 0.6 is 0 Å². The first-order chi connectivity index (χ1) is 11.9. The molecule has 0 bridgehead atoms. The molecule has 0 rings (SSSR count). The summed E-state index contributed by atoms with van der Waals surface area (Å²) in [7, 11) is -4.12. The summed E-state index contributed by atoms with van der Waals surface area (Å²) in [5.41, 5.74) is 0. The minimum atomic E-state index is -4.12. The third-order valence-electron chi connectivity index (χ3n) is 5.07. The van der Waals surface area contributed by atoms with Crippen molar-refractivity contribution in [1.82, 2.24) is 0 Å². The smallest absolute Gasteiger partial charge is 0.748 e. The van der Waals surface area contributed by atoms with Crippen LogP contribution in [-0.2, 0) is 10.1 Å². The molecular weight excluding hydrogens is 359 g/mol. The molecule has 0 aromatic rings. The zero-order chi connectivity index (χ0) is 19.0. The maximum absolute atomic E-state index is 11.0. The first-order valence-corrected chi connectivity index (χ1v) is 12.0. The maximum atomic E-state index is 11.0. The zero-order valence-corrected chi connectivity index (χ0v) is 20.4. The SMILES string of the molecule is CCCCCCCCC(O)CCCCCCCCC(CC)S(=O)(=O)[O-].[Na+]. The van der Waals surface area contributed by atoms with Gasteiger partial charge in [0.15, 0.2) is 0 Å². The summed E-state index contributed by atoms with van der Waals surface area (Å²) in [5.74, 6) is 0. The molecule has 0 aromatic heterocycles. The second kappa shape index (κ2) is 19.2. The van der Waals surface area contributed by atoms with Crippen LogP contribution in [0.4, 0.5) is 0 Å². The molecule has 1 N–H and O–H groups in total. The average molecular weight is 401 g/mol. The fraction of sp³-hybridized carbons (Fsp3) is 1.00. The van der Waals surface area contributed by atoms with Crippen molar-refractivity contribution in [3.63, 3.8) is 0 Å². The summed E-state index contributed by atoms with van der Waals surface area (Å²) in [6.45, 7) is 3.99. The molecule has 0 fully saturated rings. The Kier molecular flexibility index (Phi) is 21.5. The van der Waals surface area contributed by atoms with Gasteiger partial charge in [-0.05, 0) is 25.7 Å². The molecule has 4 nitrogen and oxygen atoms in total. The van der Waals surface area contributed by atoms with Crippen molar-refractivity contribution in [2.24, 2.45) is 0 Å². The van der Waals surface area contributed by atoms with E-state index in [1.165, 1.54) is 32.1 Å². The van der Waals surface area contributed by atoms with Gasteiger partial charge in [0.1, 0.15) is 0 Å². The van der Waals surface area contributed by atoms with Crippen molar-refractivity contribution in [1.29, 1.82) is 0 Å². The largest absolute Gasteiger partial charge is 1.00 e. The number of aliphatic hydroxyl groups is 1. The van der Waals surface area contributed by atoms with Gasteiger partial charge >= 0.3 is 29.6 Å². The van der Waals surface area contributed by atoms with Crippen LogP contribution in [0, 0.1) is 0 Å². The van der Waals surface area contributed by atoms with E-state index in [4.69, 9.17) is 0 Å². The predicted octanol–water partition coefficient (Wildman–Crippen LogP) is 2.55. The number of aliphatic hydroxyl groups excluding tert-OH is 1. The number of unbranched alkanes of at least 4 members (excludes halogenated alkanes) is 10. The van der Waals surface area contributed by atoms with E-state index in [2.05, 4.69) is 6.92 Å². The minimum absolute atomic E-state index is 0. The second-order valence-corrected chi connectivity index (χ2v) is 9.08. The fourth-order valence-corrected chi connectivity index (χ4v) is 4.18. The van der Waals surface area contributed by atoms with E-state index in [0.717, 1.165) is 57.8 Å². The Morgan fingerprint density at radius 3 is 1.50 bits per heavy atom. The van der Waals surface area contributed by atoms with Crippen molar-refractivity contribution in [2.75, 3.05) is 0 Å². The molecule has 0 radical (unpaired) electrons. The van der Waals surface area contributed by atoms with Gasteiger partial charge in [-0.25, -0.2) is 8.42 Å². The van der Waals surface area contributed by atoms with Crippen LogP contribution in [0.25, 0.3) is 0 Å². The van der Waals surface area contributed by atoms with Gasteiger partial charge in [0.2, 0.25) is 0 Å². The van der Waals surface area contributed by atoms with Crippen LogP contribution in [0.1, 0.15) is 117 Å². The van der Waals surface area contributed by atoms with Gasteiger partial charge < -0.3 is 9.66 Å². The third-order valence-corrected chi connectivity index (χ3v) is 6.45. The Morgan fingerprint density at radius 1 is 0.731 bits per heavy atom. The Hall–Kier alpha value is 0.870. The van der Waals surface area contributed by atoms with E-state index in [9.17, 15) is 18.1 Å². The normalized spacial score (nSPS) is 14.0. The molecule has 0 spiro atoms. The van der Waals surface area contributed by atoms with Crippen molar-refractivity contribution in [3.05, 3.63) is 0 Å². The van der Waals surface area contributed by atoms with Crippen LogP contribution in [0.3, 0.4) is 0 Å². The van der Waals surface area contributed by atoms with Gasteiger partial charge in [-0.3, -0.25) is 0 Å². The quantitative estimate of drug-likeness (QED) is 0.218. The van der Waals surface area contributed by atoms with Gasteiger partial charge in [-0.1, -0.05) is 90.9 Å². The predicted molar refractivity (Wildman–Crippen MR) is 105 cm³/mol. The van der Waals surface area contributed by atoms with E-state index in [1.54, 1.807) is 6.92 Å². The molecule has 0 aliphatic heterocycles. The molecule has 0 aromatic carbocycles. The summed E-state index contributed by atoms with van der Waals surface area (Å²) >= 11 is 0. The average Bonchev–Trinajstić information content (AvgIpc) is 2.55. The molecule has 0 amide bonds. The molecule has 6 heteroatoms. The molecule has 152 valence electrons. The monoisotopic (exact) mass is 400 g/mol. The maximum Gasteiger partial charge on any atom is 1.00 e. The summed E-state index contributed by atoms with van der Waals surface area (Å²) in [6, 6.07) is 0. The van der Waals surface area contributed by atoms with Gasteiger partial charge in [0.25, 0.3) is 0 Å². The molecule has 0 saturated carbocycles. The van der Waals surface area contributed by atoms with E-state index >= 15 is 0 Å². The first kappa shape index (κ1) is 29.1. The molecule has 0 saturated heterocycles. The van der Waals surface area contributed by atoms with E-state index in [1.807, 2.05) is 0 Å². The Morgan fingerprint density at radius 2 is 1.12 bits per heavy atom. The van der Waals surface area contributed by atoms with E-state index in [0.29, 0.717) is 12.8 Å². The van der Waals surface area contributed by atoms with Gasteiger partial charge in [0, 0.05) is 5.25 Å². The van der Waals surface area contributed by atoms with Crippen LogP contribution in [0.2, 0.25) is 0 Å². The molecule has 0 aliphatic carbocycles. The number of rotatable bonds is 18. The van der Waals surface area contributed by atoms with Crippen LogP contribution < -0.4 is 29.6 Å². The van der Waals surface area contributed by atoms with E-state index in [-0.39, 0.29) is 35.7 Å². The Labute approximate surface area is 185 Å². The van der Waals surface area contributed by atoms with Gasteiger partial charge in [-0.2, -0.15) is 0 Å². The summed E-state index contributed by atoms with van der Waals surface area (Å²) in [4.78, 5) is 0. The Balaban J connectivity index is 0. The number of hydrogen-bond acceptors (Lipinski definition) is 4. The summed E-state index contributed by atoms with van der Waals surface area (Å²) in [5, 5.41) is 9.27. The van der Waals surface area contributed by atoms with Crippen molar-refractivity contribution >= 4 is 10.1 Å². The summed E-state index contributed by atoms with van der Waals surface area (Å²) < 4.78 is 33.0. The van der Waals surface area contributed by atoms with Crippen LogP contribution in [0.5, 0.6) is 0 Å².